The van der Waals surface area contributed by atoms with E-state index in [-0.39, 0.29) is 29.2 Å². The smallest absolute Gasteiger partial charge is 0.287 e. The van der Waals surface area contributed by atoms with Gasteiger partial charge in [0.25, 0.3) is 5.91 Å². The second-order valence-corrected chi connectivity index (χ2v) is 6.70. The zero-order chi connectivity index (χ0) is 18.6. The third-order valence-electron chi connectivity index (χ3n) is 4.79. The number of nitrogens with one attached hydrogen (secondary N) is 1. The van der Waals surface area contributed by atoms with Crippen molar-refractivity contribution in [3.8, 4) is 5.88 Å². The summed E-state index contributed by atoms with van der Waals surface area (Å²) in [4.78, 5) is 28.8. The first-order valence-corrected chi connectivity index (χ1v) is 9.10. The van der Waals surface area contributed by atoms with Crippen molar-refractivity contribution >= 4 is 16.9 Å². The lowest BCUT2D eigenvalue weighted by atomic mass is 9.93. The molecular weight excluding hydrogens is 344 g/mol. The largest absolute Gasteiger partial charge is 0.474 e. The van der Waals surface area contributed by atoms with Crippen LogP contribution in [0.4, 0.5) is 0 Å². The highest BCUT2D eigenvalue weighted by molar-refractivity contribution is 5.93. The zero-order valence-corrected chi connectivity index (χ0v) is 14.8. The molecule has 0 bridgehead atoms. The van der Waals surface area contributed by atoms with E-state index >= 15 is 0 Å². The number of rotatable bonds is 4. The predicted octanol–water partition coefficient (Wildman–Crippen LogP) is 3.31. The number of hydrogen-bond donors (Lipinski definition) is 1. The highest BCUT2D eigenvalue weighted by Crippen LogP contribution is 2.23. The van der Waals surface area contributed by atoms with Gasteiger partial charge in [-0.05, 0) is 43.9 Å². The van der Waals surface area contributed by atoms with E-state index in [0.717, 1.165) is 25.7 Å². The molecule has 1 aliphatic rings. The Bertz CT molecular complexity index is 992. The zero-order valence-electron chi connectivity index (χ0n) is 14.8. The van der Waals surface area contributed by atoms with E-state index in [1.54, 1.807) is 30.5 Å². The van der Waals surface area contributed by atoms with Crippen LogP contribution in [-0.2, 0) is 0 Å². The van der Waals surface area contributed by atoms with Crippen LogP contribution in [0.3, 0.4) is 0 Å². The maximum absolute atomic E-state index is 12.5. The Kier molecular flexibility index (Phi) is 4.87. The number of ether oxygens (including phenoxy) is 1. The minimum Gasteiger partial charge on any atom is -0.474 e. The number of carbonyl (C=O) groups is 1. The Morgan fingerprint density at radius 3 is 2.63 bits per heavy atom. The van der Waals surface area contributed by atoms with Gasteiger partial charge >= 0.3 is 0 Å². The molecule has 4 rings (SSSR count). The monoisotopic (exact) mass is 364 g/mol. The summed E-state index contributed by atoms with van der Waals surface area (Å²) in [6.07, 6.45) is 5.10. The van der Waals surface area contributed by atoms with Crippen LogP contribution in [0.25, 0.3) is 11.0 Å². The van der Waals surface area contributed by atoms with Crippen molar-refractivity contribution in [2.45, 2.75) is 37.8 Å². The van der Waals surface area contributed by atoms with Crippen molar-refractivity contribution in [2.24, 2.45) is 0 Å². The number of pyridine rings is 1. The molecular formula is C21H20N2O4. The maximum Gasteiger partial charge on any atom is 0.287 e. The van der Waals surface area contributed by atoms with Crippen LogP contribution in [0.1, 0.15) is 36.2 Å². The van der Waals surface area contributed by atoms with E-state index in [1.807, 2.05) is 18.2 Å². The second kappa shape index (κ2) is 7.61. The minimum absolute atomic E-state index is 0.0397. The molecule has 1 saturated carbocycles. The van der Waals surface area contributed by atoms with Gasteiger partial charge < -0.3 is 14.5 Å². The number of fused-ring (bicyclic) bond motifs is 1. The molecule has 6 heteroatoms. The molecule has 0 unspecified atom stereocenters. The summed E-state index contributed by atoms with van der Waals surface area (Å²) < 4.78 is 11.5. The van der Waals surface area contributed by atoms with Gasteiger partial charge in [-0.3, -0.25) is 9.59 Å². The Morgan fingerprint density at radius 2 is 1.85 bits per heavy atom. The highest BCUT2D eigenvalue weighted by atomic mass is 16.5. The topological polar surface area (TPSA) is 81.4 Å². The average molecular weight is 364 g/mol. The standard InChI is InChI=1S/C21H20N2O4/c24-17-13-19(27-18-6-2-1-5-16(17)18)21(25)23-14-8-10-15(11-9-14)26-20-7-3-4-12-22-20/h1-7,12-15H,8-11H2,(H,23,25). The first kappa shape index (κ1) is 17.3. The summed E-state index contributed by atoms with van der Waals surface area (Å²) in [7, 11) is 0. The van der Waals surface area contributed by atoms with Crippen molar-refractivity contribution in [2.75, 3.05) is 0 Å². The lowest BCUT2D eigenvalue weighted by Crippen LogP contribution is -2.40. The van der Waals surface area contributed by atoms with E-state index < -0.39 is 0 Å². The number of benzene rings is 1. The van der Waals surface area contributed by atoms with Gasteiger partial charge in [-0.25, -0.2) is 4.98 Å². The molecule has 3 aromatic rings. The van der Waals surface area contributed by atoms with Crippen molar-refractivity contribution in [1.82, 2.24) is 10.3 Å². The molecule has 0 saturated heterocycles. The van der Waals surface area contributed by atoms with Crippen LogP contribution in [0, 0.1) is 0 Å². The molecule has 6 nitrogen and oxygen atoms in total. The van der Waals surface area contributed by atoms with Gasteiger partial charge in [-0.1, -0.05) is 18.2 Å². The Hall–Kier alpha value is -3.15. The molecule has 1 N–H and O–H groups in total. The summed E-state index contributed by atoms with van der Waals surface area (Å²) in [5.41, 5.74) is 0.206. The Balaban J connectivity index is 1.36. The fourth-order valence-electron chi connectivity index (χ4n) is 3.38. The molecule has 2 heterocycles. The quantitative estimate of drug-likeness (QED) is 0.768. The molecule has 138 valence electrons. The van der Waals surface area contributed by atoms with E-state index in [4.69, 9.17) is 9.15 Å². The normalized spacial score (nSPS) is 19.6. The third-order valence-corrected chi connectivity index (χ3v) is 4.79. The third kappa shape index (κ3) is 4.00. The van der Waals surface area contributed by atoms with E-state index in [9.17, 15) is 9.59 Å². The first-order valence-electron chi connectivity index (χ1n) is 9.10. The van der Waals surface area contributed by atoms with Gasteiger partial charge in [0.2, 0.25) is 5.88 Å². The van der Waals surface area contributed by atoms with Crippen molar-refractivity contribution < 1.29 is 13.9 Å². The maximum atomic E-state index is 12.5. The molecule has 2 aromatic heterocycles. The molecule has 1 aromatic carbocycles. The van der Waals surface area contributed by atoms with Crippen LogP contribution >= 0.6 is 0 Å². The predicted molar refractivity (Wildman–Crippen MR) is 101 cm³/mol. The summed E-state index contributed by atoms with van der Waals surface area (Å²) >= 11 is 0. The number of nitrogens with zero attached hydrogens (tertiary/aromatic N) is 1. The van der Waals surface area contributed by atoms with E-state index in [2.05, 4.69) is 10.3 Å². The van der Waals surface area contributed by atoms with Crippen LogP contribution in [0.5, 0.6) is 5.88 Å². The lowest BCUT2D eigenvalue weighted by Gasteiger charge is -2.29. The molecule has 0 radical (unpaired) electrons. The highest BCUT2D eigenvalue weighted by Gasteiger charge is 2.25. The minimum atomic E-state index is -0.355. The fraction of sp³-hybridized carbons (Fsp3) is 0.286. The number of hydrogen-bond acceptors (Lipinski definition) is 5. The van der Waals surface area contributed by atoms with Gasteiger partial charge in [0.1, 0.15) is 11.7 Å². The summed E-state index contributed by atoms with van der Waals surface area (Å²) in [5.74, 6) is 0.320. The van der Waals surface area contributed by atoms with Crippen LogP contribution in [-0.4, -0.2) is 23.0 Å². The Morgan fingerprint density at radius 1 is 1.07 bits per heavy atom. The van der Waals surface area contributed by atoms with Crippen LogP contribution < -0.4 is 15.5 Å². The van der Waals surface area contributed by atoms with Gasteiger partial charge in [0, 0.05) is 24.4 Å². The van der Waals surface area contributed by atoms with Crippen molar-refractivity contribution in [3.63, 3.8) is 0 Å². The molecule has 1 aliphatic carbocycles. The lowest BCUT2D eigenvalue weighted by molar-refractivity contribution is 0.0864. The Labute approximate surface area is 156 Å². The summed E-state index contributed by atoms with van der Waals surface area (Å²) in [6, 6.07) is 13.8. The first-order chi connectivity index (χ1) is 13.2. The van der Waals surface area contributed by atoms with Crippen molar-refractivity contribution in [3.05, 3.63) is 70.7 Å². The SMILES string of the molecule is O=C(NC1CCC(Oc2ccccn2)CC1)c1cc(=O)c2ccccc2o1. The van der Waals surface area contributed by atoms with Gasteiger partial charge in [0.15, 0.2) is 11.2 Å². The van der Waals surface area contributed by atoms with Gasteiger partial charge in [0.05, 0.1) is 5.39 Å². The van der Waals surface area contributed by atoms with Crippen molar-refractivity contribution in [1.29, 1.82) is 0 Å². The average Bonchev–Trinajstić information content (AvgIpc) is 2.70. The summed E-state index contributed by atoms with van der Waals surface area (Å²) in [5, 5.41) is 3.44. The van der Waals surface area contributed by atoms with Crippen LogP contribution in [0.2, 0.25) is 0 Å². The van der Waals surface area contributed by atoms with Crippen LogP contribution in [0.15, 0.2) is 63.9 Å². The molecule has 1 fully saturated rings. The number of para-hydroxylation sites is 1. The molecule has 0 spiro atoms. The number of amides is 1. The molecule has 0 atom stereocenters. The summed E-state index contributed by atoms with van der Waals surface area (Å²) in [6.45, 7) is 0. The number of carbonyl (C=O) groups excluding carboxylic acids is 1. The number of aromatic nitrogens is 1. The molecule has 1 amide bonds. The van der Waals surface area contributed by atoms with E-state index in [0.29, 0.717) is 16.8 Å². The van der Waals surface area contributed by atoms with Gasteiger partial charge in [-0.15, -0.1) is 0 Å². The fourth-order valence-corrected chi connectivity index (χ4v) is 3.38. The molecule has 0 aliphatic heterocycles. The second-order valence-electron chi connectivity index (χ2n) is 6.70. The molecule has 27 heavy (non-hydrogen) atoms. The van der Waals surface area contributed by atoms with Gasteiger partial charge in [-0.2, -0.15) is 0 Å². The van der Waals surface area contributed by atoms with E-state index in [1.165, 1.54) is 6.07 Å².